The van der Waals surface area contributed by atoms with Gasteiger partial charge in [-0.05, 0) is 30.4 Å². The number of benzene rings is 1. The van der Waals surface area contributed by atoms with Crippen molar-refractivity contribution in [1.82, 2.24) is 5.32 Å². The molecule has 0 bridgehead atoms. The van der Waals surface area contributed by atoms with Gasteiger partial charge in [0.15, 0.2) is 0 Å². The lowest BCUT2D eigenvalue weighted by molar-refractivity contribution is 0.541. The van der Waals surface area contributed by atoms with Crippen LogP contribution in [0.3, 0.4) is 0 Å². The summed E-state index contributed by atoms with van der Waals surface area (Å²) in [6, 6.07) is 9.37. The first-order valence-corrected chi connectivity index (χ1v) is 7.55. The summed E-state index contributed by atoms with van der Waals surface area (Å²) in [5, 5.41) is 3.60. The molecule has 0 aliphatic heterocycles. The summed E-state index contributed by atoms with van der Waals surface area (Å²) in [5.74, 6) is 1.19. The summed E-state index contributed by atoms with van der Waals surface area (Å²) < 4.78 is 0. The molecule has 1 aromatic rings. The Morgan fingerprint density at radius 2 is 1.88 bits per heavy atom. The summed E-state index contributed by atoms with van der Waals surface area (Å²) in [4.78, 5) is 2.12. The van der Waals surface area contributed by atoms with Gasteiger partial charge < -0.3 is 10.2 Å². The molecule has 0 heterocycles. The number of thioether (sulfide) groups is 1. The van der Waals surface area contributed by atoms with E-state index < -0.39 is 0 Å². The molecule has 0 aliphatic carbocycles. The van der Waals surface area contributed by atoms with Crippen molar-refractivity contribution in [3.63, 3.8) is 0 Å². The van der Waals surface area contributed by atoms with Gasteiger partial charge in [-0.3, -0.25) is 0 Å². The number of nitrogens with zero attached hydrogens (tertiary/aromatic N) is 1. The van der Waals surface area contributed by atoms with Gasteiger partial charge in [0.05, 0.1) is 0 Å². The van der Waals surface area contributed by atoms with Crippen LogP contribution in [0.4, 0.5) is 5.69 Å². The SMILES string of the molecule is CCC(CSC)NCc1ccc(N(C)C)cc1. The van der Waals surface area contributed by atoms with E-state index in [2.05, 4.69) is 61.8 Å². The van der Waals surface area contributed by atoms with Gasteiger partial charge in [-0.15, -0.1) is 0 Å². The van der Waals surface area contributed by atoms with Crippen LogP contribution in [0.15, 0.2) is 24.3 Å². The summed E-state index contributed by atoms with van der Waals surface area (Å²) in [5.41, 5.74) is 2.61. The molecule has 1 aromatic carbocycles. The third-order valence-electron chi connectivity index (χ3n) is 2.91. The molecule has 1 rings (SSSR count). The molecule has 0 saturated carbocycles. The summed E-state index contributed by atoms with van der Waals surface area (Å²) >= 11 is 1.91. The average Bonchev–Trinajstić information content (AvgIpc) is 2.35. The Kier molecular flexibility index (Phi) is 6.45. The second-order valence-electron chi connectivity index (χ2n) is 4.50. The zero-order chi connectivity index (χ0) is 12.7. The van der Waals surface area contributed by atoms with Crippen LogP contribution in [-0.4, -0.2) is 32.1 Å². The Bertz CT molecular complexity index is 309. The highest BCUT2D eigenvalue weighted by Gasteiger charge is 2.04. The van der Waals surface area contributed by atoms with E-state index in [1.807, 2.05) is 11.8 Å². The van der Waals surface area contributed by atoms with E-state index in [0.29, 0.717) is 6.04 Å². The topological polar surface area (TPSA) is 15.3 Å². The maximum absolute atomic E-state index is 3.60. The largest absolute Gasteiger partial charge is 0.378 e. The highest BCUT2D eigenvalue weighted by molar-refractivity contribution is 7.98. The molecular formula is C14H24N2S. The summed E-state index contributed by atoms with van der Waals surface area (Å²) in [6.07, 6.45) is 3.35. The Labute approximate surface area is 110 Å². The van der Waals surface area contributed by atoms with E-state index in [9.17, 15) is 0 Å². The molecule has 0 aliphatic rings. The summed E-state index contributed by atoms with van der Waals surface area (Å²) in [7, 11) is 4.14. The van der Waals surface area contributed by atoms with E-state index >= 15 is 0 Å². The van der Waals surface area contributed by atoms with E-state index in [1.54, 1.807) is 0 Å². The third-order valence-corrected chi connectivity index (χ3v) is 3.64. The molecular weight excluding hydrogens is 228 g/mol. The first-order chi connectivity index (χ1) is 8.17. The Hall–Kier alpha value is -0.670. The number of hydrogen-bond donors (Lipinski definition) is 1. The monoisotopic (exact) mass is 252 g/mol. The van der Waals surface area contributed by atoms with Gasteiger partial charge in [0, 0.05) is 38.1 Å². The van der Waals surface area contributed by atoms with Crippen molar-refractivity contribution in [2.45, 2.75) is 25.9 Å². The minimum absolute atomic E-state index is 0.624. The predicted octanol–water partition coefficient (Wildman–Crippen LogP) is 2.98. The fraction of sp³-hybridized carbons (Fsp3) is 0.571. The predicted molar refractivity (Wildman–Crippen MR) is 80.1 cm³/mol. The average molecular weight is 252 g/mol. The maximum Gasteiger partial charge on any atom is 0.0361 e. The van der Waals surface area contributed by atoms with Gasteiger partial charge in [0.1, 0.15) is 0 Å². The molecule has 1 N–H and O–H groups in total. The Morgan fingerprint density at radius 1 is 1.24 bits per heavy atom. The van der Waals surface area contributed by atoms with Crippen molar-refractivity contribution < 1.29 is 0 Å². The van der Waals surface area contributed by atoms with Crippen molar-refractivity contribution in [2.75, 3.05) is 31.0 Å². The Morgan fingerprint density at radius 3 is 2.35 bits per heavy atom. The number of rotatable bonds is 7. The van der Waals surface area contributed by atoms with E-state index in [0.717, 1.165) is 6.54 Å². The van der Waals surface area contributed by atoms with Gasteiger partial charge in [0.25, 0.3) is 0 Å². The lowest BCUT2D eigenvalue weighted by Gasteiger charge is -2.16. The molecule has 2 nitrogen and oxygen atoms in total. The van der Waals surface area contributed by atoms with Crippen molar-refractivity contribution in [3.05, 3.63) is 29.8 Å². The highest BCUT2D eigenvalue weighted by Crippen LogP contribution is 2.12. The molecule has 0 saturated heterocycles. The van der Waals surface area contributed by atoms with Gasteiger partial charge in [0.2, 0.25) is 0 Å². The molecule has 0 spiro atoms. The van der Waals surface area contributed by atoms with E-state index in [1.165, 1.54) is 23.4 Å². The molecule has 1 unspecified atom stereocenters. The van der Waals surface area contributed by atoms with Gasteiger partial charge >= 0.3 is 0 Å². The van der Waals surface area contributed by atoms with Crippen molar-refractivity contribution in [3.8, 4) is 0 Å². The number of hydrogen-bond acceptors (Lipinski definition) is 3. The normalized spacial score (nSPS) is 12.5. The molecule has 17 heavy (non-hydrogen) atoms. The third kappa shape index (κ3) is 5.00. The number of anilines is 1. The fourth-order valence-electron chi connectivity index (χ4n) is 1.70. The minimum atomic E-state index is 0.624. The van der Waals surface area contributed by atoms with Crippen LogP contribution >= 0.6 is 11.8 Å². The van der Waals surface area contributed by atoms with Crippen LogP contribution in [0.5, 0.6) is 0 Å². The molecule has 96 valence electrons. The first-order valence-electron chi connectivity index (χ1n) is 6.16. The van der Waals surface area contributed by atoms with Crippen LogP contribution in [0.25, 0.3) is 0 Å². The van der Waals surface area contributed by atoms with E-state index in [-0.39, 0.29) is 0 Å². The zero-order valence-electron chi connectivity index (χ0n) is 11.4. The first kappa shape index (κ1) is 14.4. The highest BCUT2D eigenvalue weighted by atomic mass is 32.2. The Balaban J connectivity index is 2.46. The molecule has 0 amide bonds. The molecule has 0 radical (unpaired) electrons. The van der Waals surface area contributed by atoms with Gasteiger partial charge in [-0.2, -0.15) is 11.8 Å². The second kappa shape index (κ2) is 7.62. The maximum atomic E-state index is 3.60. The summed E-state index contributed by atoms with van der Waals surface area (Å²) in [6.45, 7) is 3.20. The zero-order valence-corrected chi connectivity index (χ0v) is 12.2. The smallest absolute Gasteiger partial charge is 0.0361 e. The standard InChI is InChI=1S/C14H24N2S/c1-5-13(11-17-4)15-10-12-6-8-14(9-7-12)16(2)3/h6-9,13,15H,5,10-11H2,1-4H3. The molecule has 3 heteroatoms. The van der Waals surface area contributed by atoms with Crippen molar-refractivity contribution >= 4 is 17.4 Å². The second-order valence-corrected chi connectivity index (χ2v) is 5.41. The molecule has 0 fully saturated rings. The van der Waals surface area contributed by atoms with E-state index in [4.69, 9.17) is 0 Å². The quantitative estimate of drug-likeness (QED) is 0.803. The number of nitrogens with one attached hydrogen (secondary N) is 1. The van der Waals surface area contributed by atoms with Crippen molar-refractivity contribution in [1.29, 1.82) is 0 Å². The van der Waals surface area contributed by atoms with Crippen molar-refractivity contribution in [2.24, 2.45) is 0 Å². The van der Waals surface area contributed by atoms with Crippen LogP contribution in [-0.2, 0) is 6.54 Å². The fourth-order valence-corrected chi connectivity index (χ4v) is 2.45. The van der Waals surface area contributed by atoms with Crippen LogP contribution < -0.4 is 10.2 Å². The lowest BCUT2D eigenvalue weighted by atomic mass is 10.2. The van der Waals surface area contributed by atoms with Gasteiger partial charge in [-0.25, -0.2) is 0 Å². The molecule has 0 aromatic heterocycles. The lowest BCUT2D eigenvalue weighted by Crippen LogP contribution is -2.30. The van der Waals surface area contributed by atoms with Gasteiger partial charge in [-0.1, -0.05) is 19.1 Å². The van der Waals surface area contributed by atoms with Crippen LogP contribution in [0, 0.1) is 0 Å². The van der Waals surface area contributed by atoms with Crippen LogP contribution in [0.1, 0.15) is 18.9 Å². The minimum Gasteiger partial charge on any atom is -0.378 e. The van der Waals surface area contributed by atoms with Crippen LogP contribution in [0.2, 0.25) is 0 Å². The molecule has 1 atom stereocenters.